The van der Waals surface area contributed by atoms with E-state index in [1.54, 1.807) is 13.8 Å². The number of ketones is 2. The van der Waals surface area contributed by atoms with E-state index >= 15 is 0 Å². The van der Waals surface area contributed by atoms with Gasteiger partial charge in [-0.2, -0.15) is 0 Å². The number of ether oxygens (including phenoxy) is 3. The number of rotatable bonds is 27. The molecule has 14 atom stereocenters. The first kappa shape index (κ1) is 55.3. The number of aldehydes is 1. The van der Waals surface area contributed by atoms with Gasteiger partial charge in [-0.1, -0.05) is 20.3 Å². The van der Waals surface area contributed by atoms with Gasteiger partial charge in [0.25, 0.3) is 0 Å². The molecule has 0 radical (unpaired) electrons. The molecule has 2 heterocycles. The molecule has 2 aliphatic heterocycles. The molecule has 18 N–H and O–H groups in total. The Hall–Kier alpha value is -4.81. The lowest BCUT2D eigenvalue weighted by Gasteiger charge is -2.48. The van der Waals surface area contributed by atoms with Gasteiger partial charge in [-0.15, -0.1) is 0 Å². The van der Waals surface area contributed by atoms with Crippen molar-refractivity contribution in [3.63, 3.8) is 0 Å². The summed E-state index contributed by atoms with van der Waals surface area (Å²) in [6, 6.07) is -9.99. The Labute approximate surface area is 367 Å². The number of Topliss-reactive ketones (excluding diaryl/α,β-unsaturated/α-hetero) is 2. The van der Waals surface area contributed by atoms with Crippen LogP contribution in [0.15, 0.2) is 0 Å². The van der Waals surface area contributed by atoms with Crippen molar-refractivity contribution in [3.8, 4) is 0 Å². The van der Waals surface area contributed by atoms with E-state index in [0.29, 0.717) is 12.7 Å². The molecule has 2 fully saturated rings. The lowest BCUT2D eigenvalue weighted by Crippen LogP contribution is -2.71. The monoisotopic (exact) mass is 920 g/mol. The summed E-state index contributed by atoms with van der Waals surface area (Å²) in [5.74, 6) is -6.99. The maximum Gasteiger partial charge on any atom is 0.317 e. The molecule has 27 nitrogen and oxygen atoms in total. The van der Waals surface area contributed by atoms with Gasteiger partial charge in [-0.05, 0) is 31.7 Å². The van der Waals surface area contributed by atoms with Crippen molar-refractivity contribution in [1.82, 2.24) is 37.4 Å². The van der Waals surface area contributed by atoms with Crippen LogP contribution in [0.5, 0.6) is 0 Å². The van der Waals surface area contributed by atoms with Crippen LogP contribution < -0.4 is 54.6 Å². The number of aliphatic hydroxyl groups excluding tert-OH is 5. The number of carbonyl (C=O) groups is 9. The number of amides is 7. The quantitative estimate of drug-likeness (QED) is 0.0157. The number of carbonyl (C=O) groups excluding carboxylic acids is 9. The number of hydrogen-bond donors (Lipinski definition) is 15. The van der Waals surface area contributed by atoms with Gasteiger partial charge in [0.05, 0.1) is 31.7 Å². The molecule has 0 bridgehead atoms. The van der Waals surface area contributed by atoms with E-state index in [1.165, 1.54) is 0 Å². The number of nitrogens with two attached hydrogens (primary N) is 3. The minimum absolute atomic E-state index is 0.0764. The Balaban J connectivity index is 2.36. The zero-order valence-corrected chi connectivity index (χ0v) is 36.0. The Morgan fingerprint density at radius 3 is 1.84 bits per heavy atom. The summed E-state index contributed by atoms with van der Waals surface area (Å²) >= 11 is 0. The first-order valence-electron chi connectivity index (χ1n) is 20.5. The van der Waals surface area contributed by atoms with Crippen molar-refractivity contribution in [2.45, 2.75) is 152 Å². The lowest BCUT2D eigenvalue weighted by atomic mass is 9.94. The standard InChI is InChI=1S/C37H64N10O17/c1-15(2)21(12-48)43-34(60)19(8-9-24(39)53)47-46-18(7-5-6-10-38)28(55)29(56)20(11-25(40)54)44-37(61)45-35-26(41-16(3)51)32(59)33(23(14-50)62-35)64-36-27(42-17(4)52)31(58)30(57)22(13-49)63-36/h12,15,18-23,26-27,30-33,35-36,46-47,49-50,57-59H,5-11,13-14,38H2,1-4H3,(H2,39,53)(H2,40,54)(H,41,51)(H,42,52)(H,43,60)(H2,44,45,61)/t18-,19-,20-,21+,22?,23?,26-,27-,30+,31?,32?,33+,35+,36-/m0/s1. The number of hydrazine groups is 1. The van der Waals surface area contributed by atoms with Crippen LogP contribution in [0.4, 0.5) is 4.79 Å². The molecule has 0 saturated carbocycles. The third-order valence-corrected chi connectivity index (χ3v) is 10.2. The molecule has 0 aromatic rings. The predicted molar refractivity (Wildman–Crippen MR) is 217 cm³/mol. The highest BCUT2D eigenvalue weighted by Crippen LogP contribution is 2.29. The average Bonchev–Trinajstić information content (AvgIpc) is 3.22. The second-order valence-electron chi connectivity index (χ2n) is 15.7. The summed E-state index contributed by atoms with van der Waals surface area (Å²) in [5, 5.41) is 64.2. The summed E-state index contributed by atoms with van der Waals surface area (Å²) in [6.07, 6.45) is -13.8. The third-order valence-electron chi connectivity index (χ3n) is 10.2. The Morgan fingerprint density at radius 2 is 1.31 bits per heavy atom. The molecule has 0 aliphatic carbocycles. The molecule has 0 aromatic heterocycles. The van der Waals surface area contributed by atoms with Gasteiger partial charge in [-0.25, -0.2) is 15.6 Å². The molecular formula is C37H64N10O17. The summed E-state index contributed by atoms with van der Waals surface area (Å²) in [6.45, 7) is 3.92. The van der Waals surface area contributed by atoms with Gasteiger partial charge in [0.15, 0.2) is 12.5 Å². The predicted octanol–water partition coefficient (Wildman–Crippen LogP) is -7.85. The van der Waals surface area contributed by atoms with E-state index < -0.39 is 152 Å². The van der Waals surface area contributed by atoms with Crippen LogP contribution in [0, 0.1) is 5.92 Å². The van der Waals surface area contributed by atoms with Crippen LogP contribution in [0.2, 0.25) is 0 Å². The summed E-state index contributed by atoms with van der Waals surface area (Å²) < 4.78 is 17.2. The molecule has 364 valence electrons. The zero-order valence-electron chi connectivity index (χ0n) is 36.0. The van der Waals surface area contributed by atoms with Gasteiger partial charge in [0.1, 0.15) is 67.1 Å². The number of urea groups is 1. The SMILES string of the molecule is CC(=O)N[C@H]1C(O)[C@H](O)C(CO)O[C@H]1O[C@@H]1C(CO)O[C@@H](NC(=O)N[C@@H](CC(N)=O)C(=O)C(=O)[C@H](CCCCN)NN[C@@H](CCC(N)=O)C(=O)N[C@H](C=O)C(C)C)[C@@H](NC(C)=O)C1O. The maximum absolute atomic E-state index is 13.8. The van der Waals surface area contributed by atoms with Gasteiger partial charge >= 0.3 is 6.03 Å². The highest BCUT2D eigenvalue weighted by Gasteiger charge is 2.52. The lowest BCUT2D eigenvalue weighted by molar-refractivity contribution is -0.315. The van der Waals surface area contributed by atoms with E-state index in [4.69, 9.17) is 31.4 Å². The smallest absolute Gasteiger partial charge is 0.317 e. The van der Waals surface area contributed by atoms with Gasteiger partial charge in [0, 0.05) is 20.3 Å². The minimum Gasteiger partial charge on any atom is -0.394 e. The van der Waals surface area contributed by atoms with E-state index in [1.807, 2.05) is 0 Å². The fourth-order valence-corrected chi connectivity index (χ4v) is 6.75. The summed E-state index contributed by atoms with van der Waals surface area (Å²) in [5.41, 5.74) is 21.5. The van der Waals surface area contributed by atoms with Crippen LogP contribution in [-0.4, -0.2) is 184 Å². The van der Waals surface area contributed by atoms with E-state index in [9.17, 15) is 68.7 Å². The number of aliphatic hydroxyl groups is 5. The number of nitrogens with one attached hydrogen (secondary N) is 7. The Morgan fingerprint density at radius 1 is 0.719 bits per heavy atom. The first-order valence-corrected chi connectivity index (χ1v) is 20.5. The molecule has 2 rings (SSSR count). The fraction of sp³-hybridized carbons (Fsp3) is 0.757. The molecule has 2 saturated heterocycles. The zero-order chi connectivity index (χ0) is 48.4. The summed E-state index contributed by atoms with van der Waals surface area (Å²) in [7, 11) is 0. The molecule has 27 heteroatoms. The van der Waals surface area contributed by atoms with Crippen molar-refractivity contribution >= 4 is 53.4 Å². The van der Waals surface area contributed by atoms with Crippen molar-refractivity contribution in [3.05, 3.63) is 0 Å². The Kier molecular flexibility index (Phi) is 23.2. The van der Waals surface area contributed by atoms with Crippen LogP contribution in [-0.2, 0) is 52.6 Å². The average molecular weight is 921 g/mol. The first-order chi connectivity index (χ1) is 30.1. The normalized spacial score (nSPS) is 27.5. The molecule has 0 aromatic carbocycles. The highest BCUT2D eigenvalue weighted by molar-refractivity contribution is 6.41. The summed E-state index contributed by atoms with van der Waals surface area (Å²) in [4.78, 5) is 114. The van der Waals surface area contributed by atoms with Crippen LogP contribution in [0.25, 0.3) is 0 Å². The van der Waals surface area contributed by atoms with Gasteiger partial charge in [-0.3, -0.25) is 33.6 Å². The molecule has 2 aliphatic rings. The minimum atomic E-state index is -1.94. The second-order valence-corrected chi connectivity index (χ2v) is 15.7. The second kappa shape index (κ2) is 26.9. The highest BCUT2D eigenvalue weighted by atomic mass is 16.7. The fourth-order valence-electron chi connectivity index (χ4n) is 6.75. The molecular weight excluding hydrogens is 856 g/mol. The van der Waals surface area contributed by atoms with E-state index in [-0.39, 0.29) is 38.1 Å². The molecule has 64 heavy (non-hydrogen) atoms. The van der Waals surface area contributed by atoms with Crippen molar-refractivity contribution in [2.75, 3.05) is 19.8 Å². The molecule has 4 unspecified atom stereocenters. The van der Waals surface area contributed by atoms with E-state index in [2.05, 4.69) is 37.4 Å². The number of hydrogen-bond acceptors (Lipinski definition) is 20. The van der Waals surface area contributed by atoms with Crippen LogP contribution >= 0.6 is 0 Å². The van der Waals surface area contributed by atoms with E-state index in [0.717, 1.165) is 13.8 Å². The van der Waals surface area contributed by atoms with Gasteiger partial charge < -0.3 is 88.3 Å². The molecule has 7 amide bonds. The topological polar surface area (TPSA) is 445 Å². The number of primary amides is 2. The van der Waals surface area contributed by atoms with Crippen LogP contribution in [0.1, 0.15) is 66.2 Å². The third kappa shape index (κ3) is 16.6. The van der Waals surface area contributed by atoms with Crippen LogP contribution in [0.3, 0.4) is 0 Å². The number of unbranched alkanes of at least 4 members (excludes halogenated alkanes) is 1. The van der Waals surface area contributed by atoms with Crippen molar-refractivity contribution in [1.29, 1.82) is 0 Å². The van der Waals surface area contributed by atoms with Gasteiger partial charge in [0.2, 0.25) is 41.1 Å². The maximum atomic E-state index is 13.8. The molecule has 0 spiro atoms. The van der Waals surface area contributed by atoms with Crippen molar-refractivity contribution < 1.29 is 82.9 Å². The largest absolute Gasteiger partial charge is 0.394 e. The Bertz CT molecular complexity index is 1630. The van der Waals surface area contributed by atoms with Crippen molar-refractivity contribution in [2.24, 2.45) is 23.1 Å².